The molecule has 0 atom stereocenters. The van der Waals surface area contributed by atoms with Gasteiger partial charge < -0.3 is 4.90 Å². The average Bonchev–Trinajstić information content (AvgIpc) is 2.33. The third-order valence-electron chi connectivity index (χ3n) is 2.47. The van der Waals surface area contributed by atoms with E-state index in [1.165, 1.54) is 39.1 Å². The highest BCUT2D eigenvalue weighted by Gasteiger charge is 2.12. The first-order valence-corrected chi connectivity index (χ1v) is 6.10. The lowest BCUT2D eigenvalue weighted by Gasteiger charge is -2.19. The van der Waals surface area contributed by atoms with E-state index in [9.17, 15) is 0 Å². The zero-order valence-corrected chi connectivity index (χ0v) is 9.80. The molecule has 13 heavy (non-hydrogen) atoms. The monoisotopic (exact) mass is 246 g/mol. The summed E-state index contributed by atoms with van der Waals surface area (Å²) in [5.74, 6) is 0. The Bertz CT molecular complexity index is 150. The van der Waals surface area contributed by atoms with Gasteiger partial charge in [0.2, 0.25) is 0 Å². The SMILES string of the molecule is C=CCN1CCCN(CCBr)CC1. The summed E-state index contributed by atoms with van der Waals surface area (Å²) >= 11 is 3.48. The fourth-order valence-corrected chi connectivity index (χ4v) is 2.23. The first kappa shape index (κ1) is 11.2. The molecule has 0 spiro atoms. The normalized spacial score (nSPS) is 21.3. The second-order valence-corrected chi connectivity index (χ2v) is 4.27. The number of rotatable bonds is 4. The molecule has 0 aliphatic carbocycles. The molecule has 3 heteroatoms. The van der Waals surface area contributed by atoms with Crippen molar-refractivity contribution in [2.75, 3.05) is 44.6 Å². The van der Waals surface area contributed by atoms with Gasteiger partial charge >= 0.3 is 0 Å². The molecule has 2 nitrogen and oxygen atoms in total. The van der Waals surface area contributed by atoms with Gasteiger partial charge in [0.15, 0.2) is 0 Å². The molecule has 0 bridgehead atoms. The highest BCUT2D eigenvalue weighted by atomic mass is 79.9. The van der Waals surface area contributed by atoms with Gasteiger partial charge in [-0.05, 0) is 19.5 Å². The van der Waals surface area contributed by atoms with Crippen molar-refractivity contribution < 1.29 is 0 Å². The molecule has 76 valence electrons. The summed E-state index contributed by atoms with van der Waals surface area (Å²) in [7, 11) is 0. The highest BCUT2D eigenvalue weighted by Crippen LogP contribution is 2.03. The molecule has 0 radical (unpaired) electrons. The van der Waals surface area contributed by atoms with Crippen LogP contribution in [0.5, 0.6) is 0 Å². The predicted octanol–water partition coefficient (Wildman–Crippen LogP) is 1.58. The molecular formula is C10H19BrN2. The second-order valence-electron chi connectivity index (χ2n) is 3.47. The van der Waals surface area contributed by atoms with E-state index in [-0.39, 0.29) is 0 Å². The molecule has 1 aliphatic rings. The lowest BCUT2D eigenvalue weighted by Crippen LogP contribution is -2.31. The van der Waals surface area contributed by atoms with Crippen LogP contribution >= 0.6 is 15.9 Å². The van der Waals surface area contributed by atoms with Gasteiger partial charge in [0.05, 0.1) is 0 Å². The molecule has 0 N–H and O–H groups in total. The molecule has 1 fully saturated rings. The fourth-order valence-electron chi connectivity index (χ4n) is 1.73. The summed E-state index contributed by atoms with van der Waals surface area (Å²) in [6, 6.07) is 0. The topological polar surface area (TPSA) is 6.48 Å². The highest BCUT2D eigenvalue weighted by molar-refractivity contribution is 9.09. The van der Waals surface area contributed by atoms with Crippen LogP contribution in [0.1, 0.15) is 6.42 Å². The van der Waals surface area contributed by atoms with Gasteiger partial charge in [-0.25, -0.2) is 0 Å². The summed E-state index contributed by atoms with van der Waals surface area (Å²) in [6.07, 6.45) is 3.29. The van der Waals surface area contributed by atoms with Crippen molar-refractivity contribution in [3.63, 3.8) is 0 Å². The van der Waals surface area contributed by atoms with Crippen molar-refractivity contribution in [3.05, 3.63) is 12.7 Å². The summed E-state index contributed by atoms with van der Waals surface area (Å²) in [5.41, 5.74) is 0. The van der Waals surface area contributed by atoms with E-state index in [1.807, 2.05) is 6.08 Å². The van der Waals surface area contributed by atoms with E-state index in [1.54, 1.807) is 0 Å². The smallest absolute Gasteiger partial charge is 0.0161 e. The van der Waals surface area contributed by atoms with Gasteiger partial charge in [-0.2, -0.15) is 0 Å². The van der Waals surface area contributed by atoms with E-state index < -0.39 is 0 Å². The Morgan fingerprint density at radius 1 is 1.15 bits per heavy atom. The van der Waals surface area contributed by atoms with E-state index >= 15 is 0 Å². The Hall–Kier alpha value is 0.140. The molecule has 0 saturated carbocycles. The van der Waals surface area contributed by atoms with Gasteiger partial charge in [0.1, 0.15) is 0 Å². The molecule has 1 saturated heterocycles. The Balaban J connectivity index is 2.26. The minimum atomic E-state index is 1.04. The van der Waals surface area contributed by atoms with Gasteiger partial charge in [-0.1, -0.05) is 22.0 Å². The maximum Gasteiger partial charge on any atom is 0.0161 e. The Morgan fingerprint density at radius 3 is 2.54 bits per heavy atom. The van der Waals surface area contributed by atoms with Crippen LogP contribution in [0.25, 0.3) is 0 Å². The number of hydrogen-bond donors (Lipinski definition) is 0. The summed E-state index contributed by atoms with van der Waals surface area (Å²) in [4.78, 5) is 5.00. The molecule has 0 aromatic rings. The minimum Gasteiger partial charge on any atom is -0.301 e. The molecule has 1 aliphatic heterocycles. The van der Waals surface area contributed by atoms with Crippen molar-refractivity contribution in [1.29, 1.82) is 0 Å². The molecule has 0 aromatic carbocycles. The maximum atomic E-state index is 3.78. The zero-order chi connectivity index (χ0) is 9.52. The van der Waals surface area contributed by atoms with E-state index in [0.717, 1.165) is 11.9 Å². The molecule has 1 heterocycles. The van der Waals surface area contributed by atoms with Crippen LogP contribution in [0.15, 0.2) is 12.7 Å². The van der Waals surface area contributed by atoms with E-state index in [0.29, 0.717) is 0 Å². The molecule has 1 rings (SSSR count). The standard InChI is InChI=1S/C10H19BrN2/c1-2-5-12-6-3-7-13(8-4-11)10-9-12/h2H,1,3-10H2. The lowest BCUT2D eigenvalue weighted by molar-refractivity contribution is 0.280. The lowest BCUT2D eigenvalue weighted by atomic mass is 10.4. The largest absolute Gasteiger partial charge is 0.301 e. The first-order valence-electron chi connectivity index (χ1n) is 4.98. The third-order valence-corrected chi connectivity index (χ3v) is 2.82. The number of halogens is 1. The Labute approximate surface area is 89.7 Å². The summed E-state index contributed by atoms with van der Waals surface area (Å²) in [5, 5.41) is 1.09. The van der Waals surface area contributed by atoms with Gasteiger partial charge in [-0.15, -0.1) is 6.58 Å². The number of alkyl halides is 1. The van der Waals surface area contributed by atoms with Gasteiger partial charge in [0, 0.05) is 31.5 Å². The maximum absolute atomic E-state index is 3.78. The van der Waals surface area contributed by atoms with Crippen LogP contribution in [0.4, 0.5) is 0 Å². The van der Waals surface area contributed by atoms with Crippen molar-refractivity contribution in [2.24, 2.45) is 0 Å². The average molecular weight is 247 g/mol. The summed E-state index contributed by atoms with van der Waals surface area (Å²) in [6.45, 7) is 10.9. The van der Waals surface area contributed by atoms with E-state index in [4.69, 9.17) is 0 Å². The van der Waals surface area contributed by atoms with Crippen LogP contribution < -0.4 is 0 Å². The van der Waals surface area contributed by atoms with Crippen molar-refractivity contribution >= 4 is 15.9 Å². The second kappa shape index (κ2) is 6.57. The van der Waals surface area contributed by atoms with Crippen LogP contribution in [0.2, 0.25) is 0 Å². The van der Waals surface area contributed by atoms with Crippen LogP contribution in [-0.4, -0.2) is 54.4 Å². The number of nitrogens with zero attached hydrogens (tertiary/aromatic N) is 2. The quantitative estimate of drug-likeness (QED) is 0.549. The number of hydrogen-bond acceptors (Lipinski definition) is 2. The van der Waals surface area contributed by atoms with E-state index in [2.05, 4.69) is 32.3 Å². The van der Waals surface area contributed by atoms with Crippen LogP contribution in [0, 0.1) is 0 Å². The zero-order valence-electron chi connectivity index (χ0n) is 8.21. The van der Waals surface area contributed by atoms with Crippen LogP contribution in [0.3, 0.4) is 0 Å². The molecule has 0 amide bonds. The van der Waals surface area contributed by atoms with Gasteiger partial charge in [0.25, 0.3) is 0 Å². The Morgan fingerprint density at radius 2 is 1.85 bits per heavy atom. The molecule has 0 unspecified atom stereocenters. The van der Waals surface area contributed by atoms with Crippen molar-refractivity contribution in [2.45, 2.75) is 6.42 Å². The first-order chi connectivity index (χ1) is 6.36. The third kappa shape index (κ3) is 4.25. The van der Waals surface area contributed by atoms with Crippen molar-refractivity contribution in [3.8, 4) is 0 Å². The minimum absolute atomic E-state index is 1.04. The fraction of sp³-hybridized carbons (Fsp3) is 0.800. The predicted molar refractivity (Wildman–Crippen MR) is 61.5 cm³/mol. The Kier molecular flexibility index (Phi) is 5.67. The van der Waals surface area contributed by atoms with Crippen LogP contribution in [-0.2, 0) is 0 Å². The van der Waals surface area contributed by atoms with Crippen molar-refractivity contribution in [1.82, 2.24) is 9.80 Å². The molecular weight excluding hydrogens is 228 g/mol. The van der Waals surface area contributed by atoms with Gasteiger partial charge in [-0.3, -0.25) is 4.90 Å². The summed E-state index contributed by atoms with van der Waals surface area (Å²) < 4.78 is 0. The molecule has 0 aromatic heterocycles.